The van der Waals surface area contributed by atoms with Crippen molar-refractivity contribution in [2.45, 2.75) is 20.3 Å². The zero-order chi connectivity index (χ0) is 10.8. The first-order chi connectivity index (χ1) is 7.20. The van der Waals surface area contributed by atoms with Gasteiger partial charge in [0.2, 0.25) is 0 Å². The minimum absolute atomic E-state index is 1.06. The Bertz CT molecular complexity index is 459. The number of aromatic nitrogens is 1. The molecule has 0 saturated carbocycles. The molecule has 0 N–H and O–H groups in total. The van der Waals surface area contributed by atoms with E-state index < -0.39 is 0 Å². The number of rotatable bonds is 2. The van der Waals surface area contributed by atoms with E-state index in [0.717, 1.165) is 20.9 Å². The topological polar surface area (TPSA) is 12.9 Å². The monoisotopic (exact) mass is 281 g/mol. The molecule has 0 fully saturated rings. The molecule has 0 bridgehead atoms. The minimum Gasteiger partial charge on any atom is -0.240 e. The number of hydrogen-bond donors (Lipinski definition) is 0. The van der Waals surface area contributed by atoms with E-state index in [2.05, 4.69) is 52.1 Å². The Morgan fingerprint density at radius 1 is 1.27 bits per heavy atom. The van der Waals surface area contributed by atoms with E-state index >= 15 is 0 Å². The molecule has 1 heterocycles. The standard InChI is InChI=1S/C12H12BrNS/c1-3-9-4-6-10(7-5-9)11-12(13)15-8(2)14-11/h4-7H,3H2,1-2H3. The second kappa shape index (κ2) is 4.45. The predicted molar refractivity (Wildman–Crippen MR) is 69.4 cm³/mol. The van der Waals surface area contributed by atoms with Crippen molar-refractivity contribution < 1.29 is 0 Å². The van der Waals surface area contributed by atoms with E-state index in [0.29, 0.717) is 0 Å². The van der Waals surface area contributed by atoms with Crippen LogP contribution in [-0.4, -0.2) is 4.98 Å². The maximum absolute atomic E-state index is 4.51. The van der Waals surface area contributed by atoms with Crippen molar-refractivity contribution in [2.75, 3.05) is 0 Å². The maximum atomic E-state index is 4.51. The molecule has 0 aliphatic carbocycles. The number of hydrogen-bond acceptors (Lipinski definition) is 2. The summed E-state index contributed by atoms with van der Waals surface area (Å²) >= 11 is 5.22. The third-order valence-electron chi connectivity index (χ3n) is 2.33. The number of nitrogens with zero attached hydrogens (tertiary/aromatic N) is 1. The SMILES string of the molecule is CCc1ccc(-c2nc(C)sc2Br)cc1. The first kappa shape index (κ1) is 10.8. The highest BCUT2D eigenvalue weighted by atomic mass is 79.9. The summed E-state index contributed by atoms with van der Waals surface area (Å²) in [6, 6.07) is 8.60. The summed E-state index contributed by atoms with van der Waals surface area (Å²) in [6.07, 6.45) is 1.08. The third kappa shape index (κ3) is 2.29. The van der Waals surface area contributed by atoms with Crippen molar-refractivity contribution >= 4 is 27.3 Å². The highest BCUT2D eigenvalue weighted by molar-refractivity contribution is 9.11. The summed E-state index contributed by atoms with van der Waals surface area (Å²) in [6.45, 7) is 4.19. The zero-order valence-corrected chi connectivity index (χ0v) is 11.2. The lowest BCUT2D eigenvalue weighted by Gasteiger charge is -2.00. The predicted octanol–water partition coefficient (Wildman–Crippen LogP) is 4.44. The fraction of sp³-hybridized carbons (Fsp3) is 0.250. The second-order valence-corrected chi connectivity index (χ2v) is 5.93. The lowest BCUT2D eigenvalue weighted by atomic mass is 10.1. The Morgan fingerprint density at radius 2 is 1.93 bits per heavy atom. The summed E-state index contributed by atoms with van der Waals surface area (Å²) < 4.78 is 1.12. The minimum atomic E-state index is 1.06. The molecule has 0 aliphatic heterocycles. The molecule has 2 rings (SSSR count). The lowest BCUT2D eigenvalue weighted by molar-refractivity contribution is 1.14. The van der Waals surface area contributed by atoms with E-state index in [1.807, 2.05) is 6.92 Å². The molecule has 0 amide bonds. The summed E-state index contributed by atoms with van der Waals surface area (Å²) in [5.41, 5.74) is 3.60. The Kier molecular flexibility index (Phi) is 3.22. The fourth-order valence-corrected chi connectivity index (χ4v) is 3.16. The number of thiazole rings is 1. The Morgan fingerprint density at radius 3 is 2.40 bits per heavy atom. The van der Waals surface area contributed by atoms with Crippen molar-refractivity contribution in [1.29, 1.82) is 0 Å². The van der Waals surface area contributed by atoms with Crippen LogP contribution < -0.4 is 0 Å². The molecule has 0 unspecified atom stereocenters. The van der Waals surface area contributed by atoms with Crippen LogP contribution >= 0.6 is 27.3 Å². The first-order valence-corrected chi connectivity index (χ1v) is 6.54. The van der Waals surface area contributed by atoms with E-state index in [1.165, 1.54) is 11.1 Å². The highest BCUT2D eigenvalue weighted by Gasteiger charge is 2.08. The third-order valence-corrected chi connectivity index (χ3v) is 3.95. The van der Waals surface area contributed by atoms with E-state index in [4.69, 9.17) is 0 Å². The van der Waals surface area contributed by atoms with Gasteiger partial charge >= 0.3 is 0 Å². The molecule has 0 saturated heterocycles. The molecule has 1 aromatic heterocycles. The highest BCUT2D eigenvalue weighted by Crippen LogP contribution is 2.32. The average Bonchev–Trinajstić information content (AvgIpc) is 2.58. The van der Waals surface area contributed by atoms with Crippen LogP contribution in [0.4, 0.5) is 0 Å². The van der Waals surface area contributed by atoms with Gasteiger partial charge in [-0.25, -0.2) is 4.98 Å². The second-order valence-electron chi connectivity index (χ2n) is 3.41. The van der Waals surface area contributed by atoms with Crippen LogP contribution in [0.2, 0.25) is 0 Å². The van der Waals surface area contributed by atoms with Crippen LogP contribution in [-0.2, 0) is 6.42 Å². The Balaban J connectivity index is 2.41. The maximum Gasteiger partial charge on any atom is 0.0979 e. The van der Waals surface area contributed by atoms with Crippen molar-refractivity contribution in [3.05, 3.63) is 38.6 Å². The Labute approximate surface area is 102 Å². The molecule has 0 aliphatic rings. The molecule has 78 valence electrons. The molecule has 1 nitrogen and oxygen atoms in total. The van der Waals surface area contributed by atoms with Crippen LogP contribution in [0, 0.1) is 6.92 Å². The molecular weight excluding hydrogens is 270 g/mol. The van der Waals surface area contributed by atoms with Crippen LogP contribution in [0.3, 0.4) is 0 Å². The van der Waals surface area contributed by atoms with Gasteiger partial charge in [-0.3, -0.25) is 0 Å². The zero-order valence-electron chi connectivity index (χ0n) is 8.75. The van der Waals surface area contributed by atoms with Crippen LogP contribution in [0.25, 0.3) is 11.3 Å². The van der Waals surface area contributed by atoms with Crippen molar-refractivity contribution in [3.8, 4) is 11.3 Å². The quantitative estimate of drug-likeness (QED) is 0.793. The van der Waals surface area contributed by atoms with E-state index in [1.54, 1.807) is 11.3 Å². The van der Waals surface area contributed by atoms with Gasteiger partial charge in [0.15, 0.2) is 0 Å². The summed E-state index contributed by atoms with van der Waals surface area (Å²) in [5.74, 6) is 0. The van der Waals surface area contributed by atoms with Gasteiger partial charge < -0.3 is 0 Å². The molecule has 1 aromatic carbocycles. The molecule has 0 radical (unpaired) electrons. The molecule has 0 atom stereocenters. The number of aryl methyl sites for hydroxylation is 2. The largest absolute Gasteiger partial charge is 0.240 e. The smallest absolute Gasteiger partial charge is 0.0979 e. The summed E-state index contributed by atoms with van der Waals surface area (Å²) in [4.78, 5) is 4.51. The van der Waals surface area contributed by atoms with E-state index in [-0.39, 0.29) is 0 Å². The molecule has 15 heavy (non-hydrogen) atoms. The van der Waals surface area contributed by atoms with Crippen LogP contribution in [0.5, 0.6) is 0 Å². The first-order valence-electron chi connectivity index (χ1n) is 4.93. The number of halogens is 1. The van der Waals surface area contributed by atoms with Crippen LogP contribution in [0.15, 0.2) is 28.1 Å². The van der Waals surface area contributed by atoms with Crippen molar-refractivity contribution in [3.63, 3.8) is 0 Å². The molecular formula is C12H12BrNS. The fourth-order valence-electron chi connectivity index (χ4n) is 1.48. The van der Waals surface area contributed by atoms with Gasteiger partial charge in [0.05, 0.1) is 14.5 Å². The molecule has 2 aromatic rings. The van der Waals surface area contributed by atoms with Crippen molar-refractivity contribution in [1.82, 2.24) is 4.98 Å². The van der Waals surface area contributed by atoms with Gasteiger partial charge in [0.25, 0.3) is 0 Å². The Hall–Kier alpha value is -0.670. The van der Waals surface area contributed by atoms with E-state index in [9.17, 15) is 0 Å². The van der Waals surface area contributed by atoms with Gasteiger partial charge in [0, 0.05) is 5.56 Å². The molecule has 3 heteroatoms. The normalized spacial score (nSPS) is 10.6. The van der Waals surface area contributed by atoms with Crippen molar-refractivity contribution in [2.24, 2.45) is 0 Å². The van der Waals surface area contributed by atoms with Crippen LogP contribution in [0.1, 0.15) is 17.5 Å². The number of benzene rings is 1. The summed E-state index contributed by atoms with van der Waals surface area (Å²) in [7, 11) is 0. The molecule has 0 spiro atoms. The summed E-state index contributed by atoms with van der Waals surface area (Å²) in [5, 5.41) is 1.09. The van der Waals surface area contributed by atoms with Gasteiger partial charge in [-0.15, -0.1) is 11.3 Å². The lowest BCUT2D eigenvalue weighted by Crippen LogP contribution is -1.82. The van der Waals surface area contributed by atoms with Gasteiger partial charge in [-0.1, -0.05) is 31.2 Å². The van der Waals surface area contributed by atoms with Gasteiger partial charge in [0.1, 0.15) is 0 Å². The average molecular weight is 282 g/mol. The van der Waals surface area contributed by atoms with Gasteiger partial charge in [-0.2, -0.15) is 0 Å². The van der Waals surface area contributed by atoms with Gasteiger partial charge in [-0.05, 0) is 34.8 Å².